The van der Waals surface area contributed by atoms with Gasteiger partial charge in [0.05, 0.1) is 0 Å². The van der Waals surface area contributed by atoms with Crippen molar-refractivity contribution in [2.24, 2.45) is 0 Å². The summed E-state index contributed by atoms with van der Waals surface area (Å²) in [7, 11) is 0. The molecular formula is C18H21N3O4. The standard InChI is InChI=1S/C18H21N3O4/c1-11(2)16-19-17(25-20-16)13-5-3-4-8-21(13)18(22)12-6-7-14-15(9-12)24-10-23-14/h6-7,9,11,13H,3-5,8,10H2,1-2H3. The van der Waals surface area contributed by atoms with Crippen molar-refractivity contribution in [1.82, 2.24) is 15.0 Å². The molecule has 1 amide bonds. The number of hydrogen-bond acceptors (Lipinski definition) is 6. The summed E-state index contributed by atoms with van der Waals surface area (Å²) in [6.07, 6.45) is 2.84. The van der Waals surface area contributed by atoms with Gasteiger partial charge in [-0.3, -0.25) is 4.79 Å². The van der Waals surface area contributed by atoms with Gasteiger partial charge in [0.15, 0.2) is 17.3 Å². The van der Waals surface area contributed by atoms with Crippen LogP contribution in [-0.4, -0.2) is 34.3 Å². The normalized spacial score (nSPS) is 19.5. The van der Waals surface area contributed by atoms with Crippen LogP contribution in [0, 0.1) is 0 Å². The summed E-state index contributed by atoms with van der Waals surface area (Å²) in [5, 5.41) is 4.04. The average molecular weight is 343 g/mol. The van der Waals surface area contributed by atoms with Crippen LogP contribution in [0.4, 0.5) is 0 Å². The highest BCUT2D eigenvalue weighted by Gasteiger charge is 2.33. The predicted octanol–water partition coefficient (Wildman–Crippen LogP) is 3.29. The lowest BCUT2D eigenvalue weighted by molar-refractivity contribution is 0.0561. The molecule has 1 saturated heterocycles. The van der Waals surface area contributed by atoms with Crippen LogP contribution < -0.4 is 9.47 Å². The van der Waals surface area contributed by atoms with E-state index in [1.807, 2.05) is 18.7 Å². The molecule has 0 N–H and O–H groups in total. The molecular weight excluding hydrogens is 322 g/mol. The minimum atomic E-state index is -0.174. The lowest BCUT2D eigenvalue weighted by atomic mass is 10.0. The minimum Gasteiger partial charge on any atom is -0.454 e. The van der Waals surface area contributed by atoms with Crippen molar-refractivity contribution in [3.05, 3.63) is 35.5 Å². The molecule has 0 radical (unpaired) electrons. The summed E-state index contributed by atoms with van der Waals surface area (Å²) in [6, 6.07) is 5.11. The van der Waals surface area contributed by atoms with Crippen LogP contribution in [0.2, 0.25) is 0 Å². The molecule has 1 aromatic carbocycles. The third kappa shape index (κ3) is 2.94. The molecule has 1 atom stereocenters. The fourth-order valence-corrected chi connectivity index (χ4v) is 3.24. The van der Waals surface area contributed by atoms with Crippen LogP contribution >= 0.6 is 0 Å². The van der Waals surface area contributed by atoms with Crippen LogP contribution in [0.15, 0.2) is 22.7 Å². The molecule has 1 fully saturated rings. The van der Waals surface area contributed by atoms with Gasteiger partial charge in [-0.15, -0.1) is 0 Å². The van der Waals surface area contributed by atoms with Crippen LogP contribution in [0.3, 0.4) is 0 Å². The molecule has 0 saturated carbocycles. The van der Waals surface area contributed by atoms with Crippen molar-refractivity contribution in [3.63, 3.8) is 0 Å². The Bertz CT molecular complexity index is 786. The Morgan fingerprint density at radius 1 is 1.24 bits per heavy atom. The van der Waals surface area contributed by atoms with E-state index in [1.165, 1.54) is 0 Å². The first-order valence-corrected chi connectivity index (χ1v) is 8.67. The molecule has 1 aromatic heterocycles. The number of fused-ring (bicyclic) bond motifs is 1. The maximum absolute atomic E-state index is 13.1. The molecule has 2 aliphatic heterocycles. The number of aromatic nitrogens is 2. The Kier molecular flexibility index (Phi) is 4.07. The van der Waals surface area contributed by atoms with E-state index in [0.717, 1.165) is 19.3 Å². The van der Waals surface area contributed by atoms with E-state index in [-0.39, 0.29) is 24.7 Å². The van der Waals surface area contributed by atoms with Crippen LogP contribution in [-0.2, 0) is 0 Å². The summed E-state index contributed by atoms with van der Waals surface area (Å²) < 4.78 is 16.2. The van der Waals surface area contributed by atoms with Gasteiger partial charge in [-0.1, -0.05) is 19.0 Å². The fraction of sp³-hybridized carbons (Fsp3) is 0.500. The lowest BCUT2D eigenvalue weighted by Crippen LogP contribution is -2.38. The van der Waals surface area contributed by atoms with Gasteiger partial charge in [-0.2, -0.15) is 4.98 Å². The molecule has 4 rings (SSSR count). The molecule has 3 heterocycles. The fourth-order valence-electron chi connectivity index (χ4n) is 3.24. The van der Waals surface area contributed by atoms with Crippen LogP contribution in [0.5, 0.6) is 11.5 Å². The van der Waals surface area contributed by atoms with E-state index in [4.69, 9.17) is 14.0 Å². The number of nitrogens with zero attached hydrogens (tertiary/aromatic N) is 3. The van der Waals surface area contributed by atoms with Crippen molar-refractivity contribution in [1.29, 1.82) is 0 Å². The Balaban J connectivity index is 1.60. The smallest absolute Gasteiger partial charge is 0.254 e. The lowest BCUT2D eigenvalue weighted by Gasteiger charge is -2.33. The van der Waals surface area contributed by atoms with E-state index in [9.17, 15) is 4.79 Å². The second-order valence-corrected chi connectivity index (χ2v) is 6.72. The highest BCUT2D eigenvalue weighted by Crippen LogP contribution is 2.35. The van der Waals surface area contributed by atoms with Gasteiger partial charge in [-0.25, -0.2) is 0 Å². The maximum atomic E-state index is 13.1. The number of carbonyl (C=O) groups is 1. The van der Waals surface area contributed by atoms with Gasteiger partial charge in [0.1, 0.15) is 6.04 Å². The van der Waals surface area contributed by atoms with Crippen molar-refractivity contribution < 1.29 is 18.8 Å². The van der Waals surface area contributed by atoms with Gasteiger partial charge in [0, 0.05) is 18.0 Å². The summed E-state index contributed by atoms with van der Waals surface area (Å²) in [5.41, 5.74) is 0.583. The summed E-state index contributed by atoms with van der Waals surface area (Å²) in [5.74, 6) is 2.63. The van der Waals surface area contributed by atoms with Crippen molar-refractivity contribution >= 4 is 5.91 Å². The van der Waals surface area contributed by atoms with Crippen molar-refractivity contribution in [2.75, 3.05) is 13.3 Å². The number of hydrogen-bond donors (Lipinski definition) is 0. The van der Waals surface area contributed by atoms with Gasteiger partial charge in [0.25, 0.3) is 5.91 Å². The van der Waals surface area contributed by atoms with Gasteiger partial charge >= 0.3 is 0 Å². The minimum absolute atomic E-state index is 0.0488. The zero-order valence-corrected chi connectivity index (χ0v) is 14.4. The zero-order chi connectivity index (χ0) is 17.4. The average Bonchev–Trinajstić information content (AvgIpc) is 3.29. The number of amides is 1. The molecule has 1 unspecified atom stereocenters. The number of likely N-dealkylation sites (tertiary alicyclic amines) is 1. The Labute approximate surface area is 145 Å². The predicted molar refractivity (Wildman–Crippen MR) is 88.6 cm³/mol. The zero-order valence-electron chi connectivity index (χ0n) is 14.4. The molecule has 0 spiro atoms. The number of carbonyl (C=O) groups excluding carboxylic acids is 1. The number of ether oxygens (including phenoxy) is 2. The highest BCUT2D eigenvalue weighted by molar-refractivity contribution is 5.95. The first-order chi connectivity index (χ1) is 12.1. The van der Waals surface area contributed by atoms with Gasteiger partial charge in [-0.05, 0) is 37.5 Å². The van der Waals surface area contributed by atoms with E-state index in [1.54, 1.807) is 18.2 Å². The molecule has 7 nitrogen and oxygen atoms in total. The van der Waals surface area contributed by atoms with Crippen molar-refractivity contribution in [2.45, 2.75) is 45.1 Å². The van der Waals surface area contributed by atoms with Crippen LogP contribution in [0.25, 0.3) is 0 Å². The Hall–Kier alpha value is -2.57. The first-order valence-electron chi connectivity index (χ1n) is 8.67. The molecule has 2 aliphatic rings. The molecule has 2 aromatic rings. The molecule has 0 aliphatic carbocycles. The van der Waals surface area contributed by atoms with E-state index in [0.29, 0.717) is 35.3 Å². The summed E-state index contributed by atoms with van der Waals surface area (Å²) >= 11 is 0. The SMILES string of the molecule is CC(C)c1noc(C2CCCCN2C(=O)c2ccc3c(c2)OCO3)n1. The summed E-state index contributed by atoms with van der Waals surface area (Å²) in [6.45, 7) is 4.91. The second-order valence-electron chi connectivity index (χ2n) is 6.72. The van der Waals surface area contributed by atoms with Gasteiger partial charge in [0.2, 0.25) is 12.7 Å². The third-order valence-electron chi connectivity index (χ3n) is 4.64. The third-order valence-corrected chi connectivity index (χ3v) is 4.64. The Morgan fingerprint density at radius 3 is 2.88 bits per heavy atom. The van der Waals surface area contributed by atoms with Crippen LogP contribution in [0.1, 0.15) is 67.1 Å². The molecule has 132 valence electrons. The number of piperidine rings is 1. The largest absolute Gasteiger partial charge is 0.454 e. The maximum Gasteiger partial charge on any atom is 0.254 e. The molecule has 25 heavy (non-hydrogen) atoms. The monoisotopic (exact) mass is 343 g/mol. The second kappa shape index (κ2) is 6.38. The molecule has 7 heteroatoms. The van der Waals surface area contributed by atoms with E-state index < -0.39 is 0 Å². The summed E-state index contributed by atoms with van der Waals surface area (Å²) in [4.78, 5) is 19.4. The number of benzene rings is 1. The van der Waals surface area contributed by atoms with Gasteiger partial charge < -0.3 is 18.9 Å². The quantitative estimate of drug-likeness (QED) is 0.851. The Morgan fingerprint density at radius 2 is 2.08 bits per heavy atom. The first kappa shape index (κ1) is 15.9. The van der Waals surface area contributed by atoms with E-state index >= 15 is 0 Å². The number of rotatable bonds is 3. The highest BCUT2D eigenvalue weighted by atomic mass is 16.7. The van der Waals surface area contributed by atoms with E-state index in [2.05, 4.69) is 10.1 Å². The van der Waals surface area contributed by atoms with Crippen molar-refractivity contribution in [3.8, 4) is 11.5 Å². The topological polar surface area (TPSA) is 77.7 Å². The molecule has 0 bridgehead atoms.